The first-order chi connectivity index (χ1) is 15.7. The molecular weight excluding hydrogens is 479 g/mol. The number of aryl methyl sites for hydroxylation is 2. The molecule has 9 heteroatoms. The molecule has 0 atom stereocenters. The van der Waals surface area contributed by atoms with Gasteiger partial charge in [0.15, 0.2) is 0 Å². The Morgan fingerprint density at radius 2 is 1.91 bits per heavy atom. The molecular formula is C24H22Cl2N4O2S. The van der Waals surface area contributed by atoms with Crippen molar-refractivity contribution in [3.63, 3.8) is 0 Å². The van der Waals surface area contributed by atoms with E-state index in [4.69, 9.17) is 27.9 Å². The molecule has 4 aromatic heterocycles. The lowest BCUT2D eigenvalue weighted by Gasteiger charge is -2.16. The summed E-state index contributed by atoms with van der Waals surface area (Å²) in [5, 5.41) is 2.33. The van der Waals surface area contributed by atoms with E-state index in [1.807, 2.05) is 32.2 Å². The molecule has 0 spiro atoms. The molecule has 0 amide bonds. The van der Waals surface area contributed by atoms with Crippen LogP contribution in [-0.4, -0.2) is 19.5 Å². The van der Waals surface area contributed by atoms with E-state index in [9.17, 15) is 4.79 Å². The van der Waals surface area contributed by atoms with E-state index in [0.29, 0.717) is 46.0 Å². The number of hydrogen-bond acceptors (Lipinski definition) is 6. The van der Waals surface area contributed by atoms with Crippen molar-refractivity contribution in [1.82, 2.24) is 19.5 Å². The van der Waals surface area contributed by atoms with Crippen LogP contribution in [0.4, 0.5) is 0 Å². The van der Waals surface area contributed by atoms with Crippen LogP contribution in [0.1, 0.15) is 41.7 Å². The van der Waals surface area contributed by atoms with E-state index in [0.717, 1.165) is 5.56 Å². The first kappa shape index (κ1) is 23.4. The van der Waals surface area contributed by atoms with Gasteiger partial charge in [0.1, 0.15) is 23.2 Å². The molecule has 0 N–H and O–H groups in total. The third-order valence-corrected chi connectivity index (χ3v) is 6.56. The molecule has 33 heavy (non-hydrogen) atoms. The van der Waals surface area contributed by atoms with Crippen molar-refractivity contribution in [3.8, 4) is 22.8 Å². The van der Waals surface area contributed by atoms with E-state index in [1.54, 1.807) is 42.7 Å². The van der Waals surface area contributed by atoms with Crippen LogP contribution in [0.5, 0.6) is 5.75 Å². The molecule has 0 radical (unpaired) electrons. The van der Waals surface area contributed by atoms with Crippen molar-refractivity contribution in [2.45, 2.75) is 40.2 Å². The van der Waals surface area contributed by atoms with Crippen LogP contribution in [0.15, 0.2) is 46.8 Å². The zero-order chi connectivity index (χ0) is 23.7. The lowest BCUT2D eigenvalue weighted by Crippen LogP contribution is -2.22. The summed E-state index contributed by atoms with van der Waals surface area (Å²) in [7, 11) is 0. The normalized spacial score (nSPS) is 11.2. The number of aromatic nitrogens is 4. The summed E-state index contributed by atoms with van der Waals surface area (Å²) in [6, 6.07) is 7.29. The van der Waals surface area contributed by atoms with Crippen molar-refractivity contribution in [3.05, 3.63) is 84.4 Å². The van der Waals surface area contributed by atoms with Crippen LogP contribution >= 0.6 is 34.5 Å². The molecule has 4 aromatic rings. The second-order valence-corrected chi connectivity index (χ2v) is 9.84. The first-order valence-corrected chi connectivity index (χ1v) is 12.0. The van der Waals surface area contributed by atoms with Gasteiger partial charge in [0.05, 0.1) is 22.1 Å². The predicted octanol–water partition coefficient (Wildman–Crippen LogP) is 6.38. The van der Waals surface area contributed by atoms with Crippen molar-refractivity contribution >= 4 is 34.5 Å². The zero-order valence-corrected chi connectivity index (χ0v) is 20.9. The highest BCUT2D eigenvalue weighted by Crippen LogP contribution is 2.29. The number of nitrogens with zero attached hydrogens (tertiary/aromatic N) is 4. The van der Waals surface area contributed by atoms with Gasteiger partial charge in [0, 0.05) is 40.5 Å². The van der Waals surface area contributed by atoms with Crippen molar-refractivity contribution in [2.24, 2.45) is 0 Å². The third-order valence-electron chi connectivity index (χ3n) is 5.01. The van der Waals surface area contributed by atoms with Crippen LogP contribution in [0, 0.1) is 13.8 Å². The number of pyridine rings is 2. The average Bonchev–Trinajstić information content (AvgIpc) is 3.21. The summed E-state index contributed by atoms with van der Waals surface area (Å²) in [6.45, 7) is 8.21. The third kappa shape index (κ3) is 4.95. The van der Waals surface area contributed by atoms with Gasteiger partial charge in [0.25, 0.3) is 5.56 Å². The number of rotatable bonds is 6. The molecule has 0 aliphatic heterocycles. The minimum Gasteiger partial charge on any atom is -0.487 e. The molecule has 0 aliphatic carbocycles. The molecule has 6 nitrogen and oxygen atoms in total. The Kier molecular flexibility index (Phi) is 6.83. The molecule has 0 aromatic carbocycles. The largest absolute Gasteiger partial charge is 0.487 e. The minimum atomic E-state index is -0.419. The van der Waals surface area contributed by atoms with E-state index >= 15 is 0 Å². The monoisotopic (exact) mass is 500 g/mol. The van der Waals surface area contributed by atoms with Crippen LogP contribution in [0.2, 0.25) is 10.0 Å². The summed E-state index contributed by atoms with van der Waals surface area (Å²) < 4.78 is 7.31. The van der Waals surface area contributed by atoms with E-state index in [2.05, 4.69) is 15.0 Å². The lowest BCUT2D eigenvalue weighted by molar-refractivity contribution is 0.305. The van der Waals surface area contributed by atoms with Gasteiger partial charge < -0.3 is 4.74 Å². The Balaban J connectivity index is 1.73. The summed E-state index contributed by atoms with van der Waals surface area (Å²) in [6.07, 6.45) is 3.20. The highest BCUT2D eigenvalue weighted by Gasteiger charge is 2.18. The topological polar surface area (TPSA) is 69.9 Å². The van der Waals surface area contributed by atoms with Gasteiger partial charge in [-0.05, 0) is 37.4 Å². The number of halogens is 2. The van der Waals surface area contributed by atoms with E-state index < -0.39 is 5.56 Å². The predicted molar refractivity (Wildman–Crippen MR) is 133 cm³/mol. The molecule has 170 valence electrons. The fraction of sp³-hybridized carbons (Fsp3) is 0.250. The molecule has 0 saturated heterocycles. The quantitative estimate of drug-likeness (QED) is 0.307. The van der Waals surface area contributed by atoms with Crippen LogP contribution < -0.4 is 10.3 Å². The SMILES string of the molecule is Cc1cc(COc2cc(C)n(-c3cc(-c4ccnc(C(C)C)n4)ncc3Cl)c(=O)c2Cl)cs1. The fourth-order valence-corrected chi connectivity index (χ4v) is 4.43. The second-order valence-electron chi connectivity index (χ2n) is 7.93. The van der Waals surface area contributed by atoms with Crippen LogP contribution in [-0.2, 0) is 6.61 Å². The smallest absolute Gasteiger partial charge is 0.277 e. The average molecular weight is 501 g/mol. The Bertz CT molecular complexity index is 1380. The summed E-state index contributed by atoms with van der Waals surface area (Å²) >= 11 is 14.5. The second kappa shape index (κ2) is 9.63. The Labute approximate surface area is 205 Å². The Morgan fingerprint density at radius 1 is 1.12 bits per heavy atom. The number of thiophene rings is 1. The van der Waals surface area contributed by atoms with Crippen molar-refractivity contribution < 1.29 is 4.74 Å². The standard InChI is InChI=1S/C24H22Cl2N4O2S/c1-13(2)23-27-6-5-18(29-23)19-9-20(17(25)10-28-19)30-14(3)7-21(22(26)24(30)31)32-11-16-8-15(4)33-12-16/h5-10,12-13H,11H2,1-4H3. The Morgan fingerprint density at radius 3 is 2.61 bits per heavy atom. The number of ether oxygens (including phenoxy) is 1. The van der Waals surface area contributed by atoms with Gasteiger partial charge in [0.2, 0.25) is 0 Å². The van der Waals surface area contributed by atoms with Gasteiger partial charge >= 0.3 is 0 Å². The van der Waals surface area contributed by atoms with Gasteiger partial charge in [-0.15, -0.1) is 11.3 Å². The molecule has 0 saturated carbocycles. The summed E-state index contributed by atoms with van der Waals surface area (Å²) in [5.74, 6) is 1.22. The summed E-state index contributed by atoms with van der Waals surface area (Å²) in [4.78, 5) is 27.7. The zero-order valence-electron chi connectivity index (χ0n) is 18.6. The molecule has 0 fully saturated rings. The van der Waals surface area contributed by atoms with Gasteiger partial charge in [-0.25, -0.2) is 9.97 Å². The molecule has 0 unspecified atom stereocenters. The molecule has 4 rings (SSSR count). The highest BCUT2D eigenvalue weighted by molar-refractivity contribution is 7.10. The molecule has 4 heterocycles. The molecule has 0 aliphatic rings. The number of hydrogen-bond donors (Lipinski definition) is 0. The van der Waals surface area contributed by atoms with Crippen LogP contribution in [0.25, 0.3) is 17.1 Å². The highest BCUT2D eigenvalue weighted by atomic mass is 35.5. The Hall–Kier alpha value is -2.74. The van der Waals surface area contributed by atoms with Crippen molar-refractivity contribution in [1.29, 1.82) is 0 Å². The lowest BCUT2D eigenvalue weighted by atomic mass is 10.2. The summed E-state index contributed by atoms with van der Waals surface area (Å²) in [5.41, 5.74) is 2.94. The van der Waals surface area contributed by atoms with E-state index in [-0.39, 0.29) is 10.9 Å². The maximum Gasteiger partial charge on any atom is 0.277 e. The van der Waals surface area contributed by atoms with Gasteiger partial charge in [-0.2, -0.15) is 0 Å². The van der Waals surface area contributed by atoms with Gasteiger partial charge in [-0.1, -0.05) is 37.0 Å². The van der Waals surface area contributed by atoms with Crippen LogP contribution in [0.3, 0.4) is 0 Å². The maximum absolute atomic E-state index is 13.2. The van der Waals surface area contributed by atoms with Gasteiger partial charge in [-0.3, -0.25) is 14.3 Å². The van der Waals surface area contributed by atoms with Crippen molar-refractivity contribution in [2.75, 3.05) is 0 Å². The fourth-order valence-electron chi connectivity index (χ4n) is 3.35. The minimum absolute atomic E-state index is 0.00823. The molecule has 0 bridgehead atoms. The first-order valence-electron chi connectivity index (χ1n) is 10.3. The maximum atomic E-state index is 13.2. The van der Waals surface area contributed by atoms with E-state index in [1.165, 1.54) is 15.6 Å².